The van der Waals surface area contributed by atoms with E-state index in [2.05, 4.69) is 62.5 Å². The highest BCUT2D eigenvalue weighted by Gasteiger charge is 2.24. The molecule has 6 heteroatoms. The van der Waals surface area contributed by atoms with Crippen molar-refractivity contribution in [3.05, 3.63) is 36.5 Å². The molecule has 55 heavy (non-hydrogen) atoms. The second-order valence-electron chi connectivity index (χ2n) is 16.1. The van der Waals surface area contributed by atoms with Crippen molar-refractivity contribution >= 4 is 11.9 Å². The first kappa shape index (κ1) is 53.1. The van der Waals surface area contributed by atoms with Gasteiger partial charge in [-0.25, -0.2) is 0 Å². The Morgan fingerprint density at radius 1 is 0.545 bits per heavy atom. The Morgan fingerprint density at radius 2 is 0.982 bits per heavy atom. The summed E-state index contributed by atoms with van der Waals surface area (Å²) in [4.78, 5) is 26.0. The summed E-state index contributed by atoms with van der Waals surface area (Å²) in [6.45, 7) is 6.35. The van der Waals surface area contributed by atoms with Gasteiger partial charge in [0.05, 0.1) is 25.2 Å². The molecule has 0 aromatic rings. The third kappa shape index (κ3) is 38.7. The highest BCUT2D eigenvalue weighted by atomic mass is 16.5. The van der Waals surface area contributed by atoms with E-state index in [4.69, 9.17) is 4.74 Å². The van der Waals surface area contributed by atoms with Crippen molar-refractivity contribution in [3.63, 3.8) is 0 Å². The number of amides is 1. The van der Waals surface area contributed by atoms with Gasteiger partial charge < -0.3 is 20.3 Å². The standard InChI is InChI=1S/C49H91NO5/c1-4-7-10-13-16-19-22-23-24-27-28-31-34-37-40-45(55-49(54)42-39-36-33-30-26-21-18-15-12-9-6-3)43-48(53)50-46(44-51)47(52)41-38-35-32-29-25-20-17-14-11-8-5-2/h7,10,16,19,23-24,45-47,51-52H,4-6,8-9,11-15,17-18,20-22,25-44H2,1-3H3,(H,50,53)/b10-7+,19-16+,24-23+. The molecule has 0 saturated carbocycles. The lowest BCUT2D eigenvalue weighted by atomic mass is 10.0. The van der Waals surface area contributed by atoms with Gasteiger partial charge >= 0.3 is 5.97 Å². The number of carbonyl (C=O) groups excluding carboxylic acids is 2. The zero-order chi connectivity index (χ0) is 40.3. The summed E-state index contributed by atoms with van der Waals surface area (Å²) in [6.07, 6.45) is 49.1. The number of unbranched alkanes of at least 4 members (excludes halogenated alkanes) is 24. The number of ether oxygens (including phenoxy) is 1. The average molecular weight is 774 g/mol. The number of esters is 1. The largest absolute Gasteiger partial charge is 0.462 e. The summed E-state index contributed by atoms with van der Waals surface area (Å²) in [5, 5.41) is 23.7. The van der Waals surface area contributed by atoms with Crippen molar-refractivity contribution in [2.24, 2.45) is 0 Å². The maximum absolute atomic E-state index is 13.1. The molecule has 3 N–H and O–H groups in total. The SMILES string of the molecule is CC/C=C/C/C=C/C/C=C/CCCCCCC(CC(=O)NC(CO)C(O)CCCCCCCCCCCCC)OC(=O)CCCCCCCCCCCCC. The van der Waals surface area contributed by atoms with Crippen molar-refractivity contribution in [1.29, 1.82) is 0 Å². The molecule has 3 atom stereocenters. The van der Waals surface area contributed by atoms with E-state index in [-0.39, 0.29) is 24.9 Å². The van der Waals surface area contributed by atoms with Crippen LogP contribution in [0.4, 0.5) is 0 Å². The zero-order valence-corrected chi connectivity index (χ0v) is 36.6. The lowest BCUT2D eigenvalue weighted by Gasteiger charge is -2.24. The molecule has 0 heterocycles. The molecule has 0 bridgehead atoms. The highest BCUT2D eigenvalue weighted by molar-refractivity contribution is 5.77. The van der Waals surface area contributed by atoms with Gasteiger partial charge in [0.25, 0.3) is 0 Å². The molecule has 6 nitrogen and oxygen atoms in total. The van der Waals surface area contributed by atoms with Crippen LogP contribution in [0.2, 0.25) is 0 Å². The fraction of sp³-hybridized carbons (Fsp3) is 0.837. The third-order valence-corrected chi connectivity index (χ3v) is 10.7. The molecule has 0 radical (unpaired) electrons. The van der Waals surface area contributed by atoms with Crippen molar-refractivity contribution in [1.82, 2.24) is 5.32 Å². The minimum Gasteiger partial charge on any atom is -0.462 e. The van der Waals surface area contributed by atoms with Gasteiger partial charge in [-0.05, 0) is 57.8 Å². The monoisotopic (exact) mass is 774 g/mol. The summed E-state index contributed by atoms with van der Waals surface area (Å²) in [7, 11) is 0. The minimum absolute atomic E-state index is 0.0656. The van der Waals surface area contributed by atoms with Gasteiger partial charge in [0.2, 0.25) is 5.91 Å². The molecule has 0 aliphatic carbocycles. The molecule has 0 aromatic heterocycles. The molecular formula is C49H91NO5. The van der Waals surface area contributed by atoms with Crippen LogP contribution in [0.3, 0.4) is 0 Å². The maximum atomic E-state index is 13.1. The zero-order valence-electron chi connectivity index (χ0n) is 36.6. The molecule has 322 valence electrons. The molecule has 0 aliphatic rings. The molecule has 0 saturated heterocycles. The quantitative estimate of drug-likeness (QED) is 0.0326. The Hall–Kier alpha value is -1.92. The molecule has 0 fully saturated rings. The fourth-order valence-electron chi connectivity index (χ4n) is 7.15. The Bertz CT molecular complexity index is 915. The maximum Gasteiger partial charge on any atom is 0.306 e. The van der Waals surface area contributed by atoms with E-state index < -0.39 is 18.2 Å². The number of nitrogens with one attached hydrogen (secondary N) is 1. The number of carbonyl (C=O) groups is 2. The Labute approximate surface area is 341 Å². The lowest BCUT2D eigenvalue weighted by molar-refractivity contribution is -0.151. The molecule has 0 spiro atoms. The van der Waals surface area contributed by atoms with E-state index in [0.717, 1.165) is 89.9 Å². The van der Waals surface area contributed by atoms with Crippen molar-refractivity contribution in [3.8, 4) is 0 Å². The van der Waals surface area contributed by atoms with Crippen LogP contribution >= 0.6 is 0 Å². The number of allylic oxidation sites excluding steroid dienone is 6. The van der Waals surface area contributed by atoms with Crippen LogP contribution in [0.15, 0.2) is 36.5 Å². The number of rotatable bonds is 42. The summed E-state index contributed by atoms with van der Waals surface area (Å²) in [5.74, 6) is -0.491. The number of hydrogen-bond acceptors (Lipinski definition) is 5. The molecule has 0 aromatic carbocycles. The average Bonchev–Trinajstić information content (AvgIpc) is 3.18. The third-order valence-electron chi connectivity index (χ3n) is 10.7. The Balaban J connectivity index is 4.63. The van der Waals surface area contributed by atoms with E-state index in [1.54, 1.807) is 0 Å². The van der Waals surface area contributed by atoms with Gasteiger partial charge in [-0.2, -0.15) is 0 Å². The first-order valence-electron chi connectivity index (χ1n) is 23.7. The smallest absolute Gasteiger partial charge is 0.306 e. The Morgan fingerprint density at radius 3 is 1.49 bits per heavy atom. The van der Waals surface area contributed by atoms with Crippen LogP contribution in [-0.2, 0) is 14.3 Å². The topological polar surface area (TPSA) is 95.9 Å². The van der Waals surface area contributed by atoms with Crippen LogP contribution in [0, 0.1) is 0 Å². The van der Waals surface area contributed by atoms with Crippen LogP contribution < -0.4 is 5.32 Å². The molecule has 3 unspecified atom stereocenters. The van der Waals surface area contributed by atoms with Gasteiger partial charge in [0, 0.05) is 6.42 Å². The van der Waals surface area contributed by atoms with Gasteiger partial charge in [-0.3, -0.25) is 9.59 Å². The molecule has 1 amide bonds. The predicted octanol–water partition coefficient (Wildman–Crippen LogP) is 13.7. The summed E-state index contributed by atoms with van der Waals surface area (Å²) < 4.78 is 5.90. The van der Waals surface area contributed by atoms with E-state index in [0.29, 0.717) is 19.3 Å². The summed E-state index contributed by atoms with van der Waals surface area (Å²) in [5.41, 5.74) is 0. The lowest BCUT2D eigenvalue weighted by Crippen LogP contribution is -2.46. The van der Waals surface area contributed by atoms with E-state index in [1.807, 2.05) is 0 Å². The fourth-order valence-corrected chi connectivity index (χ4v) is 7.15. The van der Waals surface area contributed by atoms with Crippen LogP contribution in [0.5, 0.6) is 0 Å². The number of aliphatic hydroxyl groups excluding tert-OH is 2. The minimum atomic E-state index is -0.789. The van der Waals surface area contributed by atoms with Crippen molar-refractivity contribution in [2.75, 3.05) is 6.61 Å². The van der Waals surface area contributed by atoms with E-state index >= 15 is 0 Å². The van der Waals surface area contributed by atoms with Crippen molar-refractivity contribution in [2.45, 2.75) is 257 Å². The highest BCUT2D eigenvalue weighted by Crippen LogP contribution is 2.17. The van der Waals surface area contributed by atoms with E-state index in [9.17, 15) is 19.8 Å². The summed E-state index contributed by atoms with van der Waals surface area (Å²) >= 11 is 0. The van der Waals surface area contributed by atoms with Crippen LogP contribution in [-0.4, -0.2) is 46.9 Å². The predicted molar refractivity (Wildman–Crippen MR) is 236 cm³/mol. The van der Waals surface area contributed by atoms with Crippen LogP contribution in [0.25, 0.3) is 0 Å². The first-order valence-corrected chi connectivity index (χ1v) is 23.7. The van der Waals surface area contributed by atoms with Crippen molar-refractivity contribution < 1.29 is 24.5 Å². The summed E-state index contributed by atoms with van der Waals surface area (Å²) in [6, 6.07) is -0.704. The molecular weight excluding hydrogens is 683 g/mol. The first-order chi connectivity index (χ1) is 27.0. The van der Waals surface area contributed by atoms with E-state index in [1.165, 1.54) is 103 Å². The normalized spacial score (nSPS) is 13.6. The van der Waals surface area contributed by atoms with Gasteiger partial charge in [-0.15, -0.1) is 0 Å². The van der Waals surface area contributed by atoms with Gasteiger partial charge in [0.1, 0.15) is 6.10 Å². The van der Waals surface area contributed by atoms with Gasteiger partial charge in [0.15, 0.2) is 0 Å². The number of aliphatic hydroxyl groups is 2. The molecule has 0 rings (SSSR count). The number of hydrogen-bond donors (Lipinski definition) is 3. The second kappa shape index (κ2) is 43.2. The second-order valence-corrected chi connectivity index (χ2v) is 16.1. The van der Waals surface area contributed by atoms with Crippen LogP contribution in [0.1, 0.15) is 239 Å². The van der Waals surface area contributed by atoms with Gasteiger partial charge in [-0.1, -0.05) is 205 Å². The Kier molecular flexibility index (Phi) is 41.7. The molecule has 0 aliphatic heterocycles.